The van der Waals surface area contributed by atoms with Crippen LogP contribution in [0.5, 0.6) is 0 Å². The maximum Gasteiger partial charge on any atom is 0.321 e. The van der Waals surface area contributed by atoms with Crippen LogP contribution >= 0.6 is 0 Å². The summed E-state index contributed by atoms with van der Waals surface area (Å²) in [6, 6.07) is 0.655. The molecule has 170 valence electrons. The minimum Gasteiger partial charge on any atom is -0.335 e. The van der Waals surface area contributed by atoms with Gasteiger partial charge in [0, 0.05) is 12.6 Å². The summed E-state index contributed by atoms with van der Waals surface area (Å²) in [5, 5.41) is 24.0. The summed E-state index contributed by atoms with van der Waals surface area (Å²) in [5.74, 6) is -1.07. The number of hydroxylamine groups is 2. The second kappa shape index (κ2) is 10.6. The lowest BCUT2D eigenvalue weighted by Crippen LogP contribution is -2.54. The molecule has 3 rings (SSSR count). The van der Waals surface area contributed by atoms with E-state index in [1.807, 2.05) is 0 Å². The molecule has 0 bridgehead atoms. The number of carbonyl (C=O) groups is 4. The third-order valence-corrected chi connectivity index (χ3v) is 6.70. The van der Waals surface area contributed by atoms with Crippen LogP contribution in [0.4, 0.5) is 4.79 Å². The summed E-state index contributed by atoms with van der Waals surface area (Å²) in [4.78, 5) is 50.4. The van der Waals surface area contributed by atoms with Gasteiger partial charge in [-0.25, -0.2) is 9.86 Å². The molecule has 2 atom stereocenters. The Morgan fingerprint density at radius 2 is 1.90 bits per heavy atom. The molecule has 3 N–H and O–H groups in total. The molecule has 2 aliphatic carbocycles. The van der Waals surface area contributed by atoms with Crippen molar-refractivity contribution < 1.29 is 24.4 Å². The molecule has 31 heavy (non-hydrogen) atoms. The average molecular weight is 434 g/mol. The van der Waals surface area contributed by atoms with Crippen molar-refractivity contribution in [2.75, 3.05) is 13.1 Å². The van der Waals surface area contributed by atoms with Crippen LogP contribution in [-0.2, 0) is 14.4 Å². The zero-order valence-electron chi connectivity index (χ0n) is 17.7. The van der Waals surface area contributed by atoms with Crippen LogP contribution in [0.1, 0.15) is 57.8 Å². The van der Waals surface area contributed by atoms with E-state index < -0.39 is 23.9 Å². The molecule has 10 nitrogen and oxygen atoms in total. The van der Waals surface area contributed by atoms with Crippen LogP contribution in [0.15, 0.2) is 0 Å². The Morgan fingerprint density at radius 1 is 1.19 bits per heavy atom. The summed E-state index contributed by atoms with van der Waals surface area (Å²) in [6.07, 6.45) is 7.36. The lowest BCUT2D eigenvalue weighted by atomic mass is 9.81. The van der Waals surface area contributed by atoms with Gasteiger partial charge in [-0.1, -0.05) is 25.7 Å². The Balaban J connectivity index is 1.57. The molecule has 0 radical (unpaired) electrons. The molecule has 1 aliphatic heterocycles. The molecule has 3 fully saturated rings. The number of hydrogen-bond acceptors (Lipinski definition) is 6. The second-order valence-corrected chi connectivity index (χ2v) is 8.96. The van der Waals surface area contributed by atoms with E-state index in [1.165, 1.54) is 4.90 Å². The van der Waals surface area contributed by atoms with Gasteiger partial charge in [0.1, 0.15) is 6.04 Å². The van der Waals surface area contributed by atoms with Crippen molar-refractivity contribution in [1.82, 2.24) is 20.6 Å². The Hall–Kier alpha value is -2.67. The van der Waals surface area contributed by atoms with Crippen LogP contribution in [0, 0.1) is 29.1 Å². The van der Waals surface area contributed by atoms with Crippen molar-refractivity contribution in [1.29, 1.82) is 5.26 Å². The Labute approximate surface area is 181 Å². The minimum absolute atomic E-state index is 0.0572. The van der Waals surface area contributed by atoms with Gasteiger partial charge in [-0.2, -0.15) is 5.26 Å². The number of rotatable bonds is 8. The fraction of sp³-hybridized carbons (Fsp3) is 0.762. The first-order valence-electron chi connectivity index (χ1n) is 11.1. The number of nitrogens with one attached hydrogen (secondary N) is 2. The molecule has 10 heteroatoms. The van der Waals surface area contributed by atoms with E-state index in [-0.39, 0.29) is 30.8 Å². The van der Waals surface area contributed by atoms with E-state index in [9.17, 15) is 24.4 Å². The van der Waals surface area contributed by atoms with E-state index in [4.69, 9.17) is 5.26 Å². The normalized spacial score (nSPS) is 26.5. The zero-order valence-corrected chi connectivity index (χ0v) is 17.7. The van der Waals surface area contributed by atoms with Crippen molar-refractivity contribution in [2.45, 2.75) is 69.9 Å². The van der Waals surface area contributed by atoms with Crippen molar-refractivity contribution in [3.63, 3.8) is 0 Å². The van der Waals surface area contributed by atoms with Crippen LogP contribution in [0.2, 0.25) is 0 Å². The topological polar surface area (TPSA) is 143 Å². The Kier molecular flexibility index (Phi) is 7.85. The fourth-order valence-electron chi connectivity index (χ4n) is 4.97. The molecule has 0 aromatic carbocycles. The number of amides is 5. The van der Waals surface area contributed by atoms with Crippen molar-refractivity contribution >= 4 is 24.3 Å². The lowest BCUT2D eigenvalue weighted by Gasteiger charge is -2.32. The SMILES string of the molecule is N#CC1CC(NC(=O)NC(=O)[C@@H]2CCCN2C(=O)[C@H](CC2CCCC2)CN(O)C=O)C1. The molecule has 5 amide bonds. The van der Waals surface area contributed by atoms with Gasteiger partial charge in [0.15, 0.2) is 0 Å². The van der Waals surface area contributed by atoms with Gasteiger partial charge in [0.2, 0.25) is 12.3 Å². The number of likely N-dealkylation sites (tertiary alicyclic amines) is 1. The van der Waals surface area contributed by atoms with Crippen molar-refractivity contribution in [3.8, 4) is 6.07 Å². The van der Waals surface area contributed by atoms with Gasteiger partial charge in [-0.15, -0.1) is 0 Å². The third-order valence-electron chi connectivity index (χ3n) is 6.70. The number of urea groups is 1. The summed E-state index contributed by atoms with van der Waals surface area (Å²) >= 11 is 0. The number of hydrogen-bond donors (Lipinski definition) is 3. The van der Waals surface area contributed by atoms with Crippen LogP contribution < -0.4 is 10.6 Å². The largest absolute Gasteiger partial charge is 0.335 e. The number of nitrogens with zero attached hydrogens (tertiary/aromatic N) is 3. The van der Waals surface area contributed by atoms with Crippen molar-refractivity contribution in [2.24, 2.45) is 17.8 Å². The average Bonchev–Trinajstić information content (AvgIpc) is 3.41. The molecule has 2 saturated carbocycles. The van der Waals surface area contributed by atoms with Crippen molar-refractivity contribution in [3.05, 3.63) is 0 Å². The predicted molar refractivity (Wildman–Crippen MR) is 108 cm³/mol. The summed E-state index contributed by atoms with van der Waals surface area (Å²) in [7, 11) is 0. The molecule has 1 saturated heterocycles. The first-order valence-corrected chi connectivity index (χ1v) is 11.1. The number of nitriles is 1. The fourth-order valence-corrected chi connectivity index (χ4v) is 4.97. The molecule has 0 unspecified atom stereocenters. The lowest BCUT2D eigenvalue weighted by molar-refractivity contribution is -0.158. The van der Waals surface area contributed by atoms with Gasteiger partial charge in [0.05, 0.1) is 24.4 Å². The first-order chi connectivity index (χ1) is 14.9. The maximum absolute atomic E-state index is 13.2. The summed E-state index contributed by atoms with van der Waals surface area (Å²) < 4.78 is 0. The highest BCUT2D eigenvalue weighted by molar-refractivity contribution is 5.99. The van der Waals surface area contributed by atoms with E-state index in [1.54, 1.807) is 0 Å². The van der Waals surface area contributed by atoms with E-state index >= 15 is 0 Å². The summed E-state index contributed by atoms with van der Waals surface area (Å²) in [6.45, 7) is 0.296. The molecular formula is C21H31N5O5. The van der Waals surface area contributed by atoms with Crippen LogP contribution in [0.25, 0.3) is 0 Å². The second-order valence-electron chi connectivity index (χ2n) is 8.96. The maximum atomic E-state index is 13.2. The molecule has 0 spiro atoms. The highest BCUT2D eigenvalue weighted by atomic mass is 16.5. The number of imide groups is 1. The van der Waals surface area contributed by atoms with Gasteiger partial charge in [0.25, 0.3) is 5.91 Å². The van der Waals surface area contributed by atoms with Crippen LogP contribution in [-0.4, -0.2) is 64.6 Å². The van der Waals surface area contributed by atoms with E-state index in [0.717, 1.165) is 25.7 Å². The Bertz CT molecular complexity index is 726. The predicted octanol–water partition coefficient (Wildman–Crippen LogP) is 1.15. The third kappa shape index (κ3) is 5.94. The monoisotopic (exact) mass is 433 g/mol. The smallest absolute Gasteiger partial charge is 0.321 e. The highest BCUT2D eigenvalue weighted by Gasteiger charge is 2.39. The molecule has 0 aromatic rings. The zero-order chi connectivity index (χ0) is 22.4. The van der Waals surface area contributed by atoms with Gasteiger partial charge >= 0.3 is 6.03 Å². The molecule has 3 aliphatic rings. The quantitative estimate of drug-likeness (QED) is 0.298. The van der Waals surface area contributed by atoms with E-state index in [0.29, 0.717) is 49.6 Å². The number of carbonyl (C=O) groups excluding carboxylic acids is 4. The molecule has 0 aromatic heterocycles. The molecule has 1 heterocycles. The van der Waals surface area contributed by atoms with Gasteiger partial charge < -0.3 is 10.2 Å². The first kappa shape index (κ1) is 23.0. The standard InChI is InChI=1S/C21H31N5O5/c22-11-15-9-17(10-15)23-21(30)24-19(28)18-6-3-7-26(18)20(29)16(12-25(31)13-27)8-14-4-1-2-5-14/h13-18,31H,1-10,12H2,(H2,23,24,28,30)/t15?,16-,17?,18+/m1/s1. The highest BCUT2D eigenvalue weighted by Crippen LogP contribution is 2.32. The van der Waals surface area contributed by atoms with Crippen LogP contribution in [0.3, 0.4) is 0 Å². The van der Waals surface area contributed by atoms with Gasteiger partial charge in [-0.05, 0) is 38.0 Å². The molecular weight excluding hydrogens is 402 g/mol. The summed E-state index contributed by atoms with van der Waals surface area (Å²) in [5.41, 5.74) is 0. The van der Waals surface area contributed by atoms with E-state index in [2.05, 4.69) is 16.7 Å². The van der Waals surface area contributed by atoms with Gasteiger partial charge in [-0.3, -0.25) is 24.9 Å². The Morgan fingerprint density at radius 3 is 2.55 bits per heavy atom. The minimum atomic E-state index is -0.749.